The van der Waals surface area contributed by atoms with Crippen LogP contribution in [-0.4, -0.2) is 19.6 Å². The third kappa shape index (κ3) is 3.17. The fourth-order valence-electron chi connectivity index (χ4n) is 1.09. The van der Waals surface area contributed by atoms with Crippen LogP contribution in [0.2, 0.25) is 0 Å². The number of unbranched alkanes of at least 4 members (excludes halogenated alkanes) is 1. The summed E-state index contributed by atoms with van der Waals surface area (Å²) in [5, 5.41) is 0. The molecule has 3 heteroatoms. The van der Waals surface area contributed by atoms with Gasteiger partial charge < -0.3 is 4.74 Å². The molecule has 0 aliphatic rings. The lowest BCUT2D eigenvalue weighted by Gasteiger charge is -2.06. The van der Waals surface area contributed by atoms with Gasteiger partial charge in [-0.1, -0.05) is 12.1 Å². The molecule has 0 radical (unpaired) electrons. The second kappa shape index (κ2) is 6.13. The second-order valence-electron chi connectivity index (χ2n) is 2.90. The van der Waals surface area contributed by atoms with Crippen molar-refractivity contribution in [3.63, 3.8) is 0 Å². The minimum atomic E-state index is -0.321. The summed E-state index contributed by atoms with van der Waals surface area (Å²) in [5.74, 6) is 0.571. The number of hydrogen-bond acceptors (Lipinski definition) is 2. The summed E-state index contributed by atoms with van der Waals surface area (Å²) < 4.78 is 17.1. The molecule has 0 aromatic heterocycles. The lowest BCUT2D eigenvalue weighted by Crippen LogP contribution is -2.00. The molecular weight excluding hydrogens is 183 g/mol. The summed E-state index contributed by atoms with van der Waals surface area (Å²) in [5.41, 5.74) is 0.535. The molecular formula is C11H13FO2. The first-order chi connectivity index (χ1) is 6.88. The van der Waals surface area contributed by atoms with E-state index >= 15 is 0 Å². The van der Waals surface area contributed by atoms with Gasteiger partial charge in [0, 0.05) is 0 Å². The molecule has 1 rings (SSSR count). The Morgan fingerprint density at radius 1 is 1.29 bits per heavy atom. The number of carbonyl (C=O) groups excluding carboxylic acids is 1. The molecule has 0 fully saturated rings. The van der Waals surface area contributed by atoms with E-state index in [0.29, 0.717) is 30.8 Å². The molecule has 0 aliphatic carbocycles. The Morgan fingerprint density at radius 3 is 2.79 bits per heavy atom. The van der Waals surface area contributed by atoms with Gasteiger partial charge in [0.25, 0.3) is 0 Å². The molecule has 0 unspecified atom stereocenters. The van der Waals surface area contributed by atoms with E-state index in [4.69, 9.17) is 4.74 Å². The topological polar surface area (TPSA) is 26.3 Å². The quantitative estimate of drug-likeness (QED) is 0.516. The summed E-state index contributed by atoms with van der Waals surface area (Å²) in [4.78, 5) is 10.6. The zero-order chi connectivity index (χ0) is 10.2. The maximum atomic E-state index is 11.8. The minimum absolute atomic E-state index is 0.321. The van der Waals surface area contributed by atoms with Gasteiger partial charge >= 0.3 is 0 Å². The summed E-state index contributed by atoms with van der Waals surface area (Å²) in [6, 6.07) is 7.01. The van der Waals surface area contributed by atoms with E-state index in [1.165, 1.54) is 0 Å². The van der Waals surface area contributed by atoms with Crippen LogP contribution in [0.3, 0.4) is 0 Å². The number of aldehydes is 1. The number of ether oxygens (including phenoxy) is 1. The summed E-state index contributed by atoms with van der Waals surface area (Å²) in [7, 11) is 0. The zero-order valence-corrected chi connectivity index (χ0v) is 7.91. The maximum Gasteiger partial charge on any atom is 0.153 e. The van der Waals surface area contributed by atoms with Crippen molar-refractivity contribution in [3.8, 4) is 5.75 Å². The smallest absolute Gasteiger partial charge is 0.153 e. The molecule has 0 saturated heterocycles. The van der Waals surface area contributed by atoms with Gasteiger partial charge in [-0.15, -0.1) is 0 Å². The van der Waals surface area contributed by atoms with E-state index in [-0.39, 0.29) is 6.67 Å². The molecule has 0 amide bonds. The molecule has 0 atom stereocenters. The number of hydrogen-bond donors (Lipinski definition) is 0. The third-order valence-corrected chi connectivity index (χ3v) is 1.83. The largest absolute Gasteiger partial charge is 0.493 e. The number of benzene rings is 1. The van der Waals surface area contributed by atoms with Gasteiger partial charge in [0.05, 0.1) is 18.8 Å². The van der Waals surface area contributed by atoms with Crippen LogP contribution in [0.4, 0.5) is 4.39 Å². The average Bonchev–Trinajstić information content (AvgIpc) is 2.25. The van der Waals surface area contributed by atoms with E-state index < -0.39 is 0 Å². The van der Waals surface area contributed by atoms with Crippen molar-refractivity contribution in [2.45, 2.75) is 12.8 Å². The van der Waals surface area contributed by atoms with Gasteiger partial charge in [-0.05, 0) is 25.0 Å². The van der Waals surface area contributed by atoms with Crippen LogP contribution < -0.4 is 4.74 Å². The lowest BCUT2D eigenvalue weighted by molar-refractivity contribution is 0.111. The van der Waals surface area contributed by atoms with Crippen LogP contribution in [-0.2, 0) is 0 Å². The van der Waals surface area contributed by atoms with E-state index in [1.807, 2.05) is 0 Å². The van der Waals surface area contributed by atoms with E-state index in [1.54, 1.807) is 24.3 Å². The number of rotatable bonds is 6. The van der Waals surface area contributed by atoms with E-state index in [2.05, 4.69) is 0 Å². The first-order valence-electron chi connectivity index (χ1n) is 4.61. The molecule has 0 spiro atoms. The van der Waals surface area contributed by atoms with Crippen LogP contribution in [0.15, 0.2) is 24.3 Å². The van der Waals surface area contributed by atoms with Crippen molar-refractivity contribution in [1.82, 2.24) is 0 Å². The van der Waals surface area contributed by atoms with Crippen LogP contribution in [0.1, 0.15) is 23.2 Å². The summed E-state index contributed by atoms with van der Waals surface area (Å²) >= 11 is 0. The van der Waals surface area contributed by atoms with Crippen molar-refractivity contribution in [2.75, 3.05) is 13.3 Å². The summed E-state index contributed by atoms with van der Waals surface area (Å²) in [6.07, 6.45) is 1.93. The Balaban J connectivity index is 2.45. The molecule has 76 valence electrons. The maximum absolute atomic E-state index is 11.8. The Morgan fingerprint density at radius 2 is 2.07 bits per heavy atom. The van der Waals surface area contributed by atoms with Gasteiger partial charge in [-0.3, -0.25) is 9.18 Å². The fourth-order valence-corrected chi connectivity index (χ4v) is 1.09. The average molecular weight is 196 g/mol. The van der Waals surface area contributed by atoms with Crippen LogP contribution >= 0.6 is 0 Å². The van der Waals surface area contributed by atoms with Gasteiger partial charge in [-0.2, -0.15) is 0 Å². The predicted octanol–water partition coefficient (Wildman–Crippen LogP) is 2.63. The van der Waals surface area contributed by atoms with Crippen molar-refractivity contribution in [3.05, 3.63) is 29.8 Å². The molecule has 1 aromatic carbocycles. The Hall–Kier alpha value is -1.38. The fraction of sp³-hybridized carbons (Fsp3) is 0.364. The molecule has 0 N–H and O–H groups in total. The number of alkyl halides is 1. The van der Waals surface area contributed by atoms with Crippen LogP contribution in [0.5, 0.6) is 5.75 Å². The molecule has 0 aliphatic heterocycles. The van der Waals surface area contributed by atoms with Gasteiger partial charge in [0.2, 0.25) is 0 Å². The number of halogens is 1. The Labute approximate surface area is 82.7 Å². The third-order valence-electron chi connectivity index (χ3n) is 1.83. The lowest BCUT2D eigenvalue weighted by atomic mass is 10.2. The van der Waals surface area contributed by atoms with Crippen LogP contribution in [0, 0.1) is 0 Å². The van der Waals surface area contributed by atoms with Gasteiger partial charge in [-0.25, -0.2) is 0 Å². The molecule has 14 heavy (non-hydrogen) atoms. The number of carbonyl (C=O) groups is 1. The highest BCUT2D eigenvalue weighted by Gasteiger charge is 2.00. The van der Waals surface area contributed by atoms with Crippen molar-refractivity contribution >= 4 is 6.29 Å². The first-order valence-corrected chi connectivity index (χ1v) is 4.61. The second-order valence-corrected chi connectivity index (χ2v) is 2.90. The zero-order valence-electron chi connectivity index (χ0n) is 7.91. The van der Waals surface area contributed by atoms with Gasteiger partial charge in [0.15, 0.2) is 6.29 Å². The molecule has 0 heterocycles. The van der Waals surface area contributed by atoms with Crippen molar-refractivity contribution < 1.29 is 13.9 Å². The van der Waals surface area contributed by atoms with Gasteiger partial charge in [0.1, 0.15) is 5.75 Å². The number of para-hydroxylation sites is 1. The van der Waals surface area contributed by atoms with E-state index in [0.717, 1.165) is 6.29 Å². The highest BCUT2D eigenvalue weighted by Crippen LogP contribution is 2.15. The normalized spacial score (nSPS) is 9.79. The Kier molecular flexibility index (Phi) is 4.69. The van der Waals surface area contributed by atoms with E-state index in [9.17, 15) is 9.18 Å². The van der Waals surface area contributed by atoms with Crippen LogP contribution in [0.25, 0.3) is 0 Å². The molecule has 0 bridgehead atoms. The highest BCUT2D eigenvalue weighted by molar-refractivity contribution is 5.79. The highest BCUT2D eigenvalue weighted by atomic mass is 19.1. The molecule has 2 nitrogen and oxygen atoms in total. The predicted molar refractivity (Wildman–Crippen MR) is 52.5 cm³/mol. The standard InChI is InChI=1S/C11H13FO2/c12-7-3-4-8-14-11-6-2-1-5-10(11)9-13/h1-2,5-6,9H,3-4,7-8H2. The molecule has 0 saturated carbocycles. The minimum Gasteiger partial charge on any atom is -0.493 e. The monoisotopic (exact) mass is 196 g/mol. The Bertz CT molecular complexity index is 286. The summed E-state index contributed by atoms with van der Waals surface area (Å²) in [6.45, 7) is 0.132. The van der Waals surface area contributed by atoms with Crippen molar-refractivity contribution in [2.24, 2.45) is 0 Å². The molecule has 1 aromatic rings. The first kappa shape index (κ1) is 10.7. The SMILES string of the molecule is O=Cc1ccccc1OCCCCF. The van der Waals surface area contributed by atoms with Crippen molar-refractivity contribution in [1.29, 1.82) is 0 Å².